The van der Waals surface area contributed by atoms with Gasteiger partial charge in [0.05, 0.1) is 5.69 Å². The van der Waals surface area contributed by atoms with Gasteiger partial charge >= 0.3 is 5.97 Å². The van der Waals surface area contributed by atoms with Gasteiger partial charge in [-0.15, -0.1) is 21.6 Å². The number of hydrogen-bond acceptors (Lipinski definition) is 4. The molecule has 2 rings (SSSR count). The van der Waals surface area contributed by atoms with Gasteiger partial charge in [-0.05, 0) is 24.3 Å². The first-order valence-corrected chi connectivity index (χ1v) is 5.81. The first kappa shape index (κ1) is 13.1. The summed E-state index contributed by atoms with van der Waals surface area (Å²) in [5, 5.41) is 20.5. The fourth-order valence-corrected chi connectivity index (χ4v) is 1.55. The van der Waals surface area contributed by atoms with E-state index >= 15 is 0 Å². The van der Waals surface area contributed by atoms with Crippen LogP contribution in [0.15, 0.2) is 36.9 Å². The van der Waals surface area contributed by atoms with Crippen molar-refractivity contribution < 1.29 is 9.90 Å². The maximum atomic E-state index is 11.1. The zero-order chi connectivity index (χ0) is 13.8. The van der Waals surface area contributed by atoms with Gasteiger partial charge in [-0.2, -0.15) is 0 Å². The van der Waals surface area contributed by atoms with Crippen LogP contribution in [0.2, 0.25) is 5.02 Å². The lowest BCUT2D eigenvalue weighted by Gasteiger charge is -1.99. The van der Waals surface area contributed by atoms with E-state index in [1.165, 1.54) is 4.80 Å². The lowest BCUT2D eigenvalue weighted by atomic mass is 10.3. The van der Waals surface area contributed by atoms with E-state index in [4.69, 9.17) is 16.7 Å². The van der Waals surface area contributed by atoms with Crippen molar-refractivity contribution in [1.82, 2.24) is 15.0 Å². The summed E-state index contributed by atoms with van der Waals surface area (Å²) in [5.74, 6) is -0.950. The molecule has 19 heavy (non-hydrogen) atoms. The molecule has 2 aromatic rings. The first-order valence-electron chi connectivity index (χ1n) is 5.43. The number of carbonyl (C=O) groups is 1. The van der Waals surface area contributed by atoms with E-state index in [0.717, 1.165) is 0 Å². The van der Waals surface area contributed by atoms with Crippen molar-refractivity contribution in [2.75, 3.05) is 11.9 Å². The Hall–Kier alpha value is -2.34. The van der Waals surface area contributed by atoms with Crippen molar-refractivity contribution in [3.05, 3.63) is 47.6 Å². The van der Waals surface area contributed by atoms with Crippen LogP contribution in [-0.4, -0.2) is 32.6 Å². The molecule has 0 spiro atoms. The number of nitrogens with one attached hydrogen (secondary N) is 1. The number of hydrogen-bond donors (Lipinski definition) is 2. The fraction of sp³-hybridized carbons (Fsp3) is 0.0833. The largest absolute Gasteiger partial charge is 0.476 e. The van der Waals surface area contributed by atoms with Crippen LogP contribution in [0.1, 0.15) is 10.5 Å². The van der Waals surface area contributed by atoms with Gasteiger partial charge in [-0.25, -0.2) is 4.79 Å². The van der Waals surface area contributed by atoms with Gasteiger partial charge in [-0.1, -0.05) is 17.7 Å². The molecule has 2 N–H and O–H groups in total. The van der Waals surface area contributed by atoms with E-state index < -0.39 is 5.97 Å². The summed E-state index contributed by atoms with van der Waals surface area (Å²) in [6.07, 6.45) is 1.60. The van der Waals surface area contributed by atoms with Gasteiger partial charge in [0.25, 0.3) is 0 Å². The number of anilines is 1. The highest BCUT2D eigenvalue weighted by Crippen LogP contribution is 2.15. The topological polar surface area (TPSA) is 80.0 Å². The number of carboxylic acids is 1. The Labute approximate surface area is 114 Å². The maximum Gasteiger partial charge on any atom is 0.360 e. The highest BCUT2D eigenvalue weighted by molar-refractivity contribution is 6.30. The second-order valence-corrected chi connectivity index (χ2v) is 4.07. The molecular weight excluding hydrogens is 268 g/mol. The molecule has 0 aliphatic rings. The average molecular weight is 279 g/mol. The Morgan fingerprint density at radius 3 is 2.68 bits per heavy atom. The number of halogens is 1. The van der Waals surface area contributed by atoms with Gasteiger partial charge in [-0.3, -0.25) is 0 Å². The standard InChI is InChI=1S/C12H11ClN4O2/c1-2-7-14-11-10(12(18)19)15-17(16-11)9-5-3-8(13)4-6-9/h2-6H,1,7H2,(H,14,16)(H,18,19). The van der Waals surface area contributed by atoms with Crippen molar-refractivity contribution in [2.24, 2.45) is 0 Å². The van der Waals surface area contributed by atoms with E-state index in [0.29, 0.717) is 17.3 Å². The molecule has 0 bridgehead atoms. The number of nitrogens with zero attached hydrogens (tertiary/aromatic N) is 3. The van der Waals surface area contributed by atoms with E-state index in [9.17, 15) is 4.79 Å². The van der Waals surface area contributed by atoms with Crippen molar-refractivity contribution in [3.8, 4) is 5.69 Å². The SMILES string of the molecule is C=CCNc1nn(-c2ccc(Cl)cc2)nc1C(=O)O. The minimum atomic E-state index is -1.15. The highest BCUT2D eigenvalue weighted by atomic mass is 35.5. The normalized spacial score (nSPS) is 10.2. The third-order valence-corrected chi connectivity index (χ3v) is 2.54. The summed E-state index contributed by atoms with van der Waals surface area (Å²) in [5.41, 5.74) is 0.482. The van der Waals surface area contributed by atoms with Crippen LogP contribution in [0.3, 0.4) is 0 Å². The summed E-state index contributed by atoms with van der Waals surface area (Å²) >= 11 is 5.79. The zero-order valence-electron chi connectivity index (χ0n) is 9.88. The molecule has 1 aromatic heterocycles. The summed E-state index contributed by atoms with van der Waals surface area (Å²) in [6, 6.07) is 6.76. The molecule has 0 aliphatic heterocycles. The van der Waals surface area contributed by atoms with E-state index in [1.807, 2.05) is 0 Å². The van der Waals surface area contributed by atoms with E-state index in [-0.39, 0.29) is 11.5 Å². The Morgan fingerprint density at radius 1 is 1.42 bits per heavy atom. The molecule has 0 radical (unpaired) electrons. The molecule has 0 saturated carbocycles. The molecule has 0 unspecified atom stereocenters. The molecule has 0 atom stereocenters. The Kier molecular flexibility index (Phi) is 3.82. The molecular formula is C12H11ClN4O2. The van der Waals surface area contributed by atoms with Crippen molar-refractivity contribution in [3.63, 3.8) is 0 Å². The molecule has 0 aliphatic carbocycles. The number of rotatable bonds is 5. The zero-order valence-corrected chi connectivity index (χ0v) is 10.6. The van der Waals surface area contributed by atoms with Crippen LogP contribution in [0.5, 0.6) is 0 Å². The predicted octanol–water partition coefficient (Wildman–Crippen LogP) is 2.22. The van der Waals surface area contributed by atoms with Gasteiger partial charge in [0.1, 0.15) is 0 Å². The molecule has 6 nitrogen and oxygen atoms in total. The van der Waals surface area contributed by atoms with E-state index in [2.05, 4.69) is 22.1 Å². The van der Waals surface area contributed by atoms with Crippen LogP contribution in [0, 0.1) is 0 Å². The molecule has 0 saturated heterocycles. The highest BCUT2D eigenvalue weighted by Gasteiger charge is 2.17. The average Bonchev–Trinajstić information content (AvgIpc) is 2.81. The van der Waals surface area contributed by atoms with Gasteiger partial charge in [0.2, 0.25) is 5.69 Å². The first-order chi connectivity index (χ1) is 9.11. The van der Waals surface area contributed by atoms with Crippen LogP contribution >= 0.6 is 11.6 Å². The summed E-state index contributed by atoms with van der Waals surface area (Å²) in [4.78, 5) is 12.3. The third kappa shape index (κ3) is 2.92. The molecule has 7 heteroatoms. The minimum Gasteiger partial charge on any atom is -0.476 e. The van der Waals surface area contributed by atoms with Gasteiger partial charge in [0, 0.05) is 11.6 Å². The van der Waals surface area contributed by atoms with Crippen molar-refractivity contribution in [1.29, 1.82) is 0 Å². The molecule has 1 aromatic carbocycles. The number of aromatic nitrogens is 3. The van der Waals surface area contributed by atoms with E-state index in [1.54, 1.807) is 30.3 Å². The Morgan fingerprint density at radius 2 is 2.11 bits per heavy atom. The lowest BCUT2D eigenvalue weighted by Crippen LogP contribution is -2.05. The second-order valence-electron chi connectivity index (χ2n) is 3.64. The molecule has 98 valence electrons. The number of carboxylic acid groups (broad SMARTS) is 1. The Balaban J connectivity index is 2.39. The second kappa shape index (κ2) is 5.53. The predicted molar refractivity (Wildman–Crippen MR) is 72.0 cm³/mol. The van der Waals surface area contributed by atoms with Crippen LogP contribution < -0.4 is 5.32 Å². The van der Waals surface area contributed by atoms with Crippen LogP contribution in [-0.2, 0) is 0 Å². The lowest BCUT2D eigenvalue weighted by molar-refractivity contribution is 0.0691. The minimum absolute atomic E-state index is 0.142. The number of aromatic carboxylic acids is 1. The van der Waals surface area contributed by atoms with Gasteiger partial charge in [0.15, 0.2) is 5.82 Å². The van der Waals surface area contributed by atoms with Gasteiger partial charge < -0.3 is 10.4 Å². The smallest absolute Gasteiger partial charge is 0.360 e. The van der Waals surface area contributed by atoms with Crippen molar-refractivity contribution in [2.45, 2.75) is 0 Å². The molecule has 0 fully saturated rings. The molecule has 0 amide bonds. The monoisotopic (exact) mass is 278 g/mol. The summed E-state index contributed by atoms with van der Waals surface area (Å²) in [7, 11) is 0. The van der Waals surface area contributed by atoms with Crippen LogP contribution in [0.25, 0.3) is 5.69 Å². The fourth-order valence-electron chi connectivity index (χ4n) is 1.43. The third-order valence-electron chi connectivity index (χ3n) is 2.29. The quantitative estimate of drug-likeness (QED) is 0.820. The summed E-state index contributed by atoms with van der Waals surface area (Å²) < 4.78 is 0. The molecule has 1 heterocycles. The summed E-state index contributed by atoms with van der Waals surface area (Å²) in [6.45, 7) is 3.95. The number of benzene rings is 1. The van der Waals surface area contributed by atoms with Crippen LogP contribution in [0.4, 0.5) is 5.82 Å². The van der Waals surface area contributed by atoms with Crippen molar-refractivity contribution >= 4 is 23.4 Å². The Bertz CT molecular complexity index is 607. The maximum absolute atomic E-state index is 11.1.